The number of aliphatic carboxylic acids is 2. The van der Waals surface area contributed by atoms with E-state index in [0.29, 0.717) is 6.42 Å². The lowest BCUT2D eigenvalue weighted by atomic mass is 9.66. The molecule has 4 nitrogen and oxygen atoms in total. The second-order valence-corrected chi connectivity index (χ2v) is 4.46. The van der Waals surface area contributed by atoms with Gasteiger partial charge >= 0.3 is 11.9 Å². The van der Waals surface area contributed by atoms with Crippen LogP contribution in [-0.4, -0.2) is 22.2 Å². The Morgan fingerprint density at radius 2 is 1.86 bits per heavy atom. The zero-order valence-electron chi connectivity index (χ0n) is 7.86. The van der Waals surface area contributed by atoms with E-state index < -0.39 is 22.8 Å². The molecule has 2 N–H and O–H groups in total. The fourth-order valence-corrected chi connectivity index (χ4v) is 2.87. The van der Waals surface area contributed by atoms with Crippen molar-refractivity contribution in [3.8, 4) is 0 Å². The molecule has 2 atom stereocenters. The average molecular weight is 196 g/mol. The summed E-state index contributed by atoms with van der Waals surface area (Å²) in [5.74, 6) is -2.30. The van der Waals surface area contributed by atoms with Crippen molar-refractivity contribution in [3.63, 3.8) is 0 Å². The summed E-state index contributed by atoms with van der Waals surface area (Å²) >= 11 is 0. The fraction of sp³-hybridized carbons (Fsp3) is 0.600. The Hall–Kier alpha value is -1.32. The van der Waals surface area contributed by atoms with Crippen LogP contribution in [0.1, 0.15) is 19.8 Å². The van der Waals surface area contributed by atoms with E-state index in [2.05, 4.69) is 0 Å². The number of hydrogen-bond donors (Lipinski definition) is 2. The van der Waals surface area contributed by atoms with Gasteiger partial charge in [0.1, 0.15) is 0 Å². The molecular formula is C10H12O4. The molecule has 2 aliphatic rings. The summed E-state index contributed by atoms with van der Waals surface area (Å²) in [6, 6.07) is 0. The van der Waals surface area contributed by atoms with Crippen LogP contribution in [0.5, 0.6) is 0 Å². The maximum absolute atomic E-state index is 11.1. The molecule has 0 aromatic carbocycles. The van der Waals surface area contributed by atoms with Crippen LogP contribution < -0.4 is 0 Å². The molecule has 2 unspecified atom stereocenters. The summed E-state index contributed by atoms with van der Waals surface area (Å²) < 4.78 is 0. The van der Waals surface area contributed by atoms with Gasteiger partial charge in [0.2, 0.25) is 0 Å². The molecule has 2 aliphatic carbocycles. The number of hydrogen-bond acceptors (Lipinski definition) is 2. The van der Waals surface area contributed by atoms with Gasteiger partial charge in [-0.2, -0.15) is 0 Å². The van der Waals surface area contributed by atoms with E-state index in [1.807, 2.05) is 6.08 Å². The highest BCUT2D eigenvalue weighted by molar-refractivity contribution is 6.00. The van der Waals surface area contributed by atoms with Crippen LogP contribution in [0.4, 0.5) is 0 Å². The van der Waals surface area contributed by atoms with E-state index in [4.69, 9.17) is 10.2 Å². The zero-order valence-corrected chi connectivity index (χ0v) is 7.86. The van der Waals surface area contributed by atoms with Crippen molar-refractivity contribution < 1.29 is 19.8 Å². The minimum absolute atomic E-state index is 0.118. The molecule has 0 aromatic rings. The van der Waals surface area contributed by atoms with Crippen LogP contribution in [0, 0.1) is 16.7 Å². The Morgan fingerprint density at radius 3 is 2.07 bits per heavy atom. The normalized spacial score (nSPS) is 37.4. The first-order valence-electron chi connectivity index (χ1n) is 4.58. The lowest BCUT2D eigenvalue weighted by Crippen LogP contribution is -2.48. The van der Waals surface area contributed by atoms with Gasteiger partial charge in [0.25, 0.3) is 0 Å². The van der Waals surface area contributed by atoms with Crippen molar-refractivity contribution in [2.45, 2.75) is 19.8 Å². The molecule has 0 amide bonds. The summed E-state index contributed by atoms with van der Waals surface area (Å²) in [6.45, 7) is 1.72. The molecule has 1 fully saturated rings. The Labute approximate surface area is 81.2 Å². The van der Waals surface area contributed by atoms with Crippen LogP contribution in [0.2, 0.25) is 0 Å². The van der Waals surface area contributed by atoms with Gasteiger partial charge in [-0.05, 0) is 18.8 Å². The Balaban J connectivity index is 2.54. The van der Waals surface area contributed by atoms with Gasteiger partial charge in [0.05, 0.1) is 0 Å². The number of rotatable bonds is 2. The molecular weight excluding hydrogens is 184 g/mol. The third-order valence-electron chi connectivity index (χ3n) is 3.70. The van der Waals surface area contributed by atoms with Crippen LogP contribution in [-0.2, 0) is 9.59 Å². The van der Waals surface area contributed by atoms with Crippen LogP contribution in [0.3, 0.4) is 0 Å². The second kappa shape index (κ2) is 2.38. The van der Waals surface area contributed by atoms with Gasteiger partial charge in [-0.15, -0.1) is 0 Å². The van der Waals surface area contributed by atoms with Gasteiger partial charge in [-0.3, -0.25) is 9.59 Å². The smallest absolute Gasteiger partial charge is 0.321 e. The monoisotopic (exact) mass is 196 g/mol. The summed E-state index contributed by atoms with van der Waals surface area (Å²) in [7, 11) is 0. The summed E-state index contributed by atoms with van der Waals surface area (Å²) in [5.41, 5.74) is -2.32. The zero-order chi connectivity index (χ0) is 10.6. The number of allylic oxidation sites excluding steroid dienone is 2. The van der Waals surface area contributed by atoms with Crippen molar-refractivity contribution in [3.05, 3.63) is 12.2 Å². The highest BCUT2D eigenvalue weighted by Gasteiger charge is 2.66. The SMILES string of the molecule is CC12C=CC(C1)CC2(C(=O)O)C(=O)O. The molecule has 0 saturated heterocycles. The Kier molecular flexibility index (Phi) is 1.57. The Bertz CT molecular complexity index is 330. The number of fused-ring (bicyclic) bond motifs is 2. The molecule has 14 heavy (non-hydrogen) atoms. The average Bonchev–Trinajstić information content (AvgIpc) is 2.56. The summed E-state index contributed by atoms with van der Waals surface area (Å²) in [4.78, 5) is 22.3. The highest BCUT2D eigenvalue weighted by Crippen LogP contribution is 2.60. The minimum Gasteiger partial charge on any atom is -0.480 e. The van der Waals surface area contributed by atoms with Crippen molar-refractivity contribution in [2.24, 2.45) is 16.7 Å². The molecule has 0 radical (unpaired) electrons. The highest BCUT2D eigenvalue weighted by atomic mass is 16.4. The minimum atomic E-state index is -1.60. The predicted molar refractivity (Wildman–Crippen MR) is 47.7 cm³/mol. The maximum Gasteiger partial charge on any atom is 0.321 e. The van der Waals surface area contributed by atoms with E-state index >= 15 is 0 Å². The largest absolute Gasteiger partial charge is 0.480 e. The van der Waals surface area contributed by atoms with Crippen LogP contribution in [0.15, 0.2) is 12.2 Å². The third kappa shape index (κ3) is 0.786. The lowest BCUT2D eigenvalue weighted by Gasteiger charge is -2.34. The first-order chi connectivity index (χ1) is 6.42. The maximum atomic E-state index is 11.1. The molecule has 0 heterocycles. The summed E-state index contributed by atoms with van der Waals surface area (Å²) in [6.07, 6.45) is 4.56. The number of carboxylic acids is 2. The van der Waals surface area contributed by atoms with E-state index in [1.165, 1.54) is 0 Å². The van der Waals surface area contributed by atoms with Gasteiger partial charge < -0.3 is 10.2 Å². The topological polar surface area (TPSA) is 74.6 Å². The van der Waals surface area contributed by atoms with Gasteiger partial charge in [-0.1, -0.05) is 19.1 Å². The number of carbonyl (C=O) groups is 2. The van der Waals surface area contributed by atoms with Gasteiger partial charge in [-0.25, -0.2) is 0 Å². The molecule has 1 saturated carbocycles. The molecule has 2 bridgehead atoms. The quantitative estimate of drug-likeness (QED) is 0.512. The Morgan fingerprint density at radius 1 is 1.29 bits per heavy atom. The molecule has 0 aliphatic heterocycles. The first kappa shape index (κ1) is 9.24. The molecule has 0 spiro atoms. The molecule has 0 aromatic heterocycles. The first-order valence-corrected chi connectivity index (χ1v) is 4.58. The molecule has 2 rings (SSSR count). The van der Waals surface area contributed by atoms with Crippen LogP contribution >= 0.6 is 0 Å². The van der Waals surface area contributed by atoms with Crippen molar-refractivity contribution in [1.82, 2.24) is 0 Å². The standard InChI is InChI=1S/C10H12O4/c1-9-3-2-6(4-9)5-10(9,7(11)12)8(13)14/h2-3,6H,4-5H2,1H3,(H,11,12)(H,13,14). The van der Waals surface area contributed by atoms with Crippen molar-refractivity contribution in [1.29, 1.82) is 0 Å². The van der Waals surface area contributed by atoms with E-state index in [1.54, 1.807) is 13.0 Å². The van der Waals surface area contributed by atoms with E-state index in [9.17, 15) is 9.59 Å². The molecule has 76 valence electrons. The second-order valence-electron chi connectivity index (χ2n) is 4.46. The number of carboxylic acid groups (broad SMARTS) is 2. The van der Waals surface area contributed by atoms with Crippen LogP contribution in [0.25, 0.3) is 0 Å². The van der Waals surface area contributed by atoms with E-state index in [-0.39, 0.29) is 12.3 Å². The van der Waals surface area contributed by atoms with Crippen molar-refractivity contribution >= 4 is 11.9 Å². The third-order valence-corrected chi connectivity index (χ3v) is 3.70. The fourth-order valence-electron chi connectivity index (χ4n) is 2.87. The summed E-state index contributed by atoms with van der Waals surface area (Å²) in [5, 5.41) is 18.2. The van der Waals surface area contributed by atoms with Gasteiger partial charge in [0.15, 0.2) is 5.41 Å². The van der Waals surface area contributed by atoms with Gasteiger partial charge in [0, 0.05) is 5.41 Å². The van der Waals surface area contributed by atoms with Crippen molar-refractivity contribution in [2.75, 3.05) is 0 Å². The van der Waals surface area contributed by atoms with E-state index in [0.717, 1.165) is 0 Å². The lowest BCUT2D eigenvalue weighted by molar-refractivity contribution is -0.170. The predicted octanol–water partition coefficient (Wildman–Crippen LogP) is 1.13. The molecule has 4 heteroatoms.